The molecule has 1 aromatic carbocycles. The highest BCUT2D eigenvalue weighted by atomic mass is 32.1. The molecule has 4 rings (SSSR count). The standard InChI is InChI=1S/C22H24N4O4S/c1-23-9-8-16(18-3-2-10-31-18)24-12-13-4-5-14-15(11-13)22(30)26(21(14)29)17-6-7-19(27)25-20(17)28/h2-5,10-11,16-17,23-24H,6-9,12H2,1H3,(H,25,27,28)/t16-,17?/m1/s1. The minimum atomic E-state index is -0.948. The number of amides is 4. The predicted molar refractivity (Wildman–Crippen MR) is 116 cm³/mol. The molecule has 31 heavy (non-hydrogen) atoms. The van der Waals surface area contributed by atoms with Crippen LogP contribution in [-0.2, 0) is 16.1 Å². The summed E-state index contributed by atoms with van der Waals surface area (Å²) in [7, 11) is 1.92. The zero-order valence-corrected chi connectivity index (χ0v) is 18.0. The van der Waals surface area contributed by atoms with Crippen LogP contribution in [0.25, 0.3) is 0 Å². The second kappa shape index (κ2) is 9.09. The van der Waals surface area contributed by atoms with Crippen molar-refractivity contribution < 1.29 is 19.2 Å². The Kier molecular flexibility index (Phi) is 6.26. The first kappa shape index (κ1) is 21.4. The van der Waals surface area contributed by atoms with Gasteiger partial charge in [-0.05, 0) is 55.6 Å². The van der Waals surface area contributed by atoms with E-state index in [1.165, 1.54) is 4.88 Å². The van der Waals surface area contributed by atoms with Gasteiger partial charge in [0.15, 0.2) is 0 Å². The van der Waals surface area contributed by atoms with Gasteiger partial charge < -0.3 is 10.6 Å². The van der Waals surface area contributed by atoms with Gasteiger partial charge in [-0.2, -0.15) is 0 Å². The number of imide groups is 2. The molecule has 0 radical (unpaired) electrons. The molecule has 9 heteroatoms. The molecule has 8 nitrogen and oxygen atoms in total. The molecule has 0 bridgehead atoms. The summed E-state index contributed by atoms with van der Waals surface area (Å²) in [6.45, 7) is 1.41. The Morgan fingerprint density at radius 2 is 1.97 bits per heavy atom. The average Bonchev–Trinajstić information content (AvgIpc) is 3.37. The number of carbonyl (C=O) groups excluding carboxylic acids is 4. The van der Waals surface area contributed by atoms with Gasteiger partial charge in [0, 0.05) is 23.9 Å². The van der Waals surface area contributed by atoms with E-state index in [0.717, 1.165) is 23.4 Å². The van der Waals surface area contributed by atoms with Crippen molar-refractivity contribution in [1.29, 1.82) is 0 Å². The molecular weight excluding hydrogens is 416 g/mol. The average molecular weight is 441 g/mol. The van der Waals surface area contributed by atoms with Crippen molar-refractivity contribution in [3.8, 4) is 0 Å². The molecule has 1 saturated heterocycles. The van der Waals surface area contributed by atoms with E-state index in [-0.39, 0.29) is 24.8 Å². The molecule has 1 aromatic heterocycles. The largest absolute Gasteiger partial charge is 0.320 e. The van der Waals surface area contributed by atoms with Gasteiger partial charge in [0.2, 0.25) is 11.8 Å². The van der Waals surface area contributed by atoms with Crippen molar-refractivity contribution in [2.45, 2.75) is 37.9 Å². The van der Waals surface area contributed by atoms with Crippen molar-refractivity contribution in [2.24, 2.45) is 0 Å². The molecule has 0 saturated carbocycles. The highest BCUT2D eigenvalue weighted by molar-refractivity contribution is 7.10. The Morgan fingerprint density at radius 1 is 1.16 bits per heavy atom. The van der Waals surface area contributed by atoms with E-state index in [4.69, 9.17) is 0 Å². The molecule has 3 heterocycles. The van der Waals surface area contributed by atoms with Gasteiger partial charge in [-0.25, -0.2) is 0 Å². The van der Waals surface area contributed by atoms with Gasteiger partial charge in [-0.3, -0.25) is 29.4 Å². The number of rotatable bonds is 8. The maximum Gasteiger partial charge on any atom is 0.262 e. The summed E-state index contributed by atoms with van der Waals surface area (Å²) in [5.74, 6) is -1.96. The number of benzene rings is 1. The number of fused-ring (bicyclic) bond motifs is 1. The van der Waals surface area contributed by atoms with Crippen molar-refractivity contribution in [3.63, 3.8) is 0 Å². The van der Waals surface area contributed by atoms with Crippen LogP contribution >= 0.6 is 11.3 Å². The molecule has 4 amide bonds. The molecule has 1 fully saturated rings. The number of piperidine rings is 1. The molecule has 1 unspecified atom stereocenters. The third-order valence-corrected chi connectivity index (χ3v) is 6.61. The molecule has 3 N–H and O–H groups in total. The first-order chi connectivity index (χ1) is 15.0. The van der Waals surface area contributed by atoms with Gasteiger partial charge in [0.05, 0.1) is 11.1 Å². The van der Waals surface area contributed by atoms with Gasteiger partial charge >= 0.3 is 0 Å². The smallest absolute Gasteiger partial charge is 0.262 e. The van der Waals surface area contributed by atoms with Crippen LogP contribution in [0, 0.1) is 0 Å². The summed E-state index contributed by atoms with van der Waals surface area (Å²) in [4.78, 5) is 51.6. The highest BCUT2D eigenvalue weighted by Gasteiger charge is 2.44. The van der Waals surface area contributed by atoms with Crippen molar-refractivity contribution in [3.05, 3.63) is 57.3 Å². The number of hydrogen-bond donors (Lipinski definition) is 3. The predicted octanol–water partition coefficient (Wildman–Crippen LogP) is 1.59. The van der Waals surface area contributed by atoms with Crippen LogP contribution in [0.4, 0.5) is 0 Å². The Labute approximate surface area is 184 Å². The second-order valence-electron chi connectivity index (χ2n) is 7.67. The number of nitrogens with one attached hydrogen (secondary N) is 3. The SMILES string of the molecule is CNCC[C@@H](NCc1ccc2c(c1)C(=O)N(C1CCC(=O)NC1=O)C2=O)c1cccs1. The minimum absolute atomic E-state index is 0.107. The lowest BCUT2D eigenvalue weighted by molar-refractivity contribution is -0.136. The summed E-state index contributed by atoms with van der Waals surface area (Å²) in [6.07, 6.45) is 1.18. The minimum Gasteiger partial charge on any atom is -0.320 e. The Hall–Kier alpha value is -2.88. The molecule has 0 spiro atoms. The molecule has 162 valence electrons. The fourth-order valence-electron chi connectivity index (χ4n) is 3.99. The molecule has 2 aliphatic rings. The maximum atomic E-state index is 13.0. The van der Waals surface area contributed by atoms with Crippen LogP contribution in [0.2, 0.25) is 0 Å². The number of thiophene rings is 1. The highest BCUT2D eigenvalue weighted by Crippen LogP contribution is 2.29. The zero-order chi connectivity index (χ0) is 22.0. The third kappa shape index (κ3) is 4.30. The van der Waals surface area contributed by atoms with Crippen molar-refractivity contribution in [1.82, 2.24) is 20.9 Å². The topological polar surface area (TPSA) is 108 Å². The lowest BCUT2D eigenvalue weighted by Gasteiger charge is -2.27. The van der Waals surface area contributed by atoms with Crippen molar-refractivity contribution in [2.75, 3.05) is 13.6 Å². The third-order valence-electron chi connectivity index (χ3n) is 5.63. The van der Waals surface area contributed by atoms with Crippen LogP contribution in [0.1, 0.15) is 56.5 Å². The Bertz CT molecular complexity index is 1020. The van der Waals surface area contributed by atoms with Crippen LogP contribution in [0.15, 0.2) is 35.7 Å². The van der Waals surface area contributed by atoms with E-state index in [0.29, 0.717) is 17.7 Å². The molecule has 2 atom stereocenters. The zero-order valence-electron chi connectivity index (χ0n) is 17.1. The lowest BCUT2D eigenvalue weighted by atomic mass is 10.0. The summed E-state index contributed by atoms with van der Waals surface area (Å²) in [5, 5.41) is 11.0. The maximum absolute atomic E-state index is 13.0. The monoisotopic (exact) mass is 440 g/mol. The molecule has 2 aliphatic heterocycles. The number of hydrogen-bond acceptors (Lipinski definition) is 7. The molecule has 0 aliphatic carbocycles. The van der Waals surface area contributed by atoms with Crippen LogP contribution in [-0.4, -0.2) is 48.2 Å². The van der Waals surface area contributed by atoms with Gasteiger partial charge in [-0.15, -0.1) is 11.3 Å². The van der Waals surface area contributed by atoms with E-state index in [1.54, 1.807) is 23.5 Å². The van der Waals surface area contributed by atoms with Gasteiger partial charge in [0.1, 0.15) is 6.04 Å². The molecular formula is C22H24N4O4S. The first-order valence-electron chi connectivity index (χ1n) is 10.3. The second-order valence-corrected chi connectivity index (χ2v) is 8.65. The number of carbonyl (C=O) groups is 4. The van der Waals surface area contributed by atoms with E-state index in [1.807, 2.05) is 24.6 Å². The van der Waals surface area contributed by atoms with Crippen LogP contribution in [0.3, 0.4) is 0 Å². The quantitative estimate of drug-likeness (QED) is 0.538. The van der Waals surface area contributed by atoms with E-state index < -0.39 is 23.8 Å². The molecule has 2 aromatic rings. The lowest BCUT2D eigenvalue weighted by Crippen LogP contribution is -2.54. The summed E-state index contributed by atoms with van der Waals surface area (Å²) >= 11 is 1.70. The fourth-order valence-corrected chi connectivity index (χ4v) is 4.83. The van der Waals surface area contributed by atoms with E-state index in [2.05, 4.69) is 22.0 Å². The summed E-state index contributed by atoms with van der Waals surface area (Å²) < 4.78 is 0. The summed E-state index contributed by atoms with van der Waals surface area (Å²) in [6, 6.07) is 8.55. The Morgan fingerprint density at radius 3 is 2.68 bits per heavy atom. The normalized spacial score (nSPS) is 19.5. The van der Waals surface area contributed by atoms with Crippen LogP contribution in [0.5, 0.6) is 0 Å². The van der Waals surface area contributed by atoms with Crippen LogP contribution < -0.4 is 16.0 Å². The van der Waals surface area contributed by atoms with E-state index in [9.17, 15) is 19.2 Å². The van der Waals surface area contributed by atoms with E-state index >= 15 is 0 Å². The summed E-state index contributed by atoms with van der Waals surface area (Å²) in [5.41, 5.74) is 1.48. The van der Waals surface area contributed by atoms with Gasteiger partial charge in [-0.1, -0.05) is 12.1 Å². The van der Waals surface area contributed by atoms with Gasteiger partial charge in [0.25, 0.3) is 11.8 Å². The number of nitrogens with zero attached hydrogens (tertiary/aromatic N) is 1. The van der Waals surface area contributed by atoms with Crippen molar-refractivity contribution >= 4 is 35.0 Å². The first-order valence-corrected chi connectivity index (χ1v) is 11.1. The Balaban J connectivity index is 1.49. The fraction of sp³-hybridized carbons (Fsp3) is 0.364.